The number of carboxylic acid groups (broad SMARTS) is 1. The number of carbonyl (C=O) groups is 1. The first-order chi connectivity index (χ1) is 9.99. The molecule has 3 rings (SSSR count). The molecule has 5 heteroatoms. The zero-order valence-corrected chi connectivity index (χ0v) is 11.6. The number of aromatic nitrogens is 2. The molecule has 1 N–H and O–H groups in total. The van der Waals surface area contributed by atoms with Crippen molar-refractivity contribution in [1.82, 2.24) is 9.55 Å². The molecule has 0 bridgehead atoms. The highest BCUT2D eigenvalue weighted by molar-refractivity contribution is 5.97. The van der Waals surface area contributed by atoms with Gasteiger partial charge in [-0.1, -0.05) is 0 Å². The molecule has 0 radical (unpaired) electrons. The van der Waals surface area contributed by atoms with Crippen LogP contribution in [0.3, 0.4) is 0 Å². The van der Waals surface area contributed by atoms with Crippen molar-refractivity contribution in [2.45, 2.75) is 6.92 Å². The molecule has 0 fully saturated rings. The highest BCUT2D eigenvalue weighted by Crippen LogP contribution is 2.33. The predicted molar refractivity (Wildman–Crippen MR) is 77.8 cm³/mol. The molecule has 0 saturated carbocycles. The van der Waals surface area contributed by atoms with Crippen LogP contribution in [0.25, 0.3) is 22.2 Å². The van der Waals surface area contributed by atoms with E-state index in [-0.39, 0.29) is 11.4 Å². The van der Waals surface area contributed by atoms with Crippen LogP contribution in [0.15, 0.2) is 36.5 Å². The molecule has 3 aromatic rings. The van der Waals surface area contributed by atoms with E-state index in [1.807, 2.05) is 18.5 Å². The fourth-order valence-electron chi connectivity index (χ4n) is 2.54. The van der Waals surface area contributed by atoms with E-state index in [4.69, 9.17) is 5.11 Å². The van der Waals surface area contributed by atoms with Gasteiger partial charge in [0.25, 0.3) is 0 Å². The van der Waals surface area contributed by atoms with Gasteiger partial charge in [0, 0.05) is 35.4 Å². The first-order valence-corrected chi connectivity index (χ1v) is 6.43. The summed E-state index contributed by atoms with van der Waals surface area (Å²) in [5, 5.41) is 9.69. The molecule has 0 saturated heterocycles. The van der Waals surface area contributed by atoms with Crippen LogP contribution in [-0.4, -0.2) is 20.6 Å². The first kappa shape index (κ1) is 13.3. The maximum atomic E-state index is 13.5. The maximum Gasteiger partial charge on any atom is 0.337 e. The van der Waals surface area contributed by atoms with E-state index in [1.54, 1.807) is 12.1 Å². The lowest BCUT2D eigenvalue weighted by Gasteiger charge is -2.03. The SMILES string of the molecule is Cc1c(-c2ccc(C(=O)O)cn2)c2cc(F)ccc2n1C. The van der Waals surface area contributed by atoms with Crippen LogP contribution < -0.4 is 0 Å². The highest BCUT2D eigenvalue weighted by atomic mass is 19.1. The molecule has 21 heavy (non-hydrogen) atoms. The molecule has 0 unspecified atom stereocenters. The summed E-state index contributed by atoms with van der Waals surface area (Å²) in [5.41, 5.74) is 3.44. The Bertz CT molecular complexity index is 851. The van der Waals surface area contributed by atoms with Gasteiger partial charge in [-0.05, 0) is 37.3 Å². The van der Waals surface area contributed by atoms with Crippen LogP contribution in [0.5, 0.6) is 0 Å². The molecule has 0 aliphatic heterocycles. The standard InChI is InChI=1S/C16H13FN2O2/c1-9-15(13-5-3-10(8-18-13)16(20)21)12-7-11(17)4-6-14(12)19(9)2/h3-8H,1-2H3,(H,20,21). The zero-order valence-electron chi connectivity index (χ0n) is 11.6. The van der Waals surface area contributed by atoms with Gasteiger partial charge in [-0.3, -0.25) is 4.98 Å². The third-order valence-corrected chi connectivity index (χ3v) is 3.72. The van der Waals surface area contributed by atoms with Crippen LogP contribution in [0, 0.1) is 12.7 Å². The summed E-state index contributed by atoms with van der Waals surface area (Å²) in [6.45, 7) is 1.93. The number of carboxylic acids is 1. The molecule has 0 aliphatic carbocycles. The number of hydrogen-bond donors (Lipinski definition) is 1. The second-order valence-electron chi connectivity index (χ2n) is 4.92. The molecule has 0 atom stereocenters. The van der Waals surface area contributed by atoms with Gasteiger partial charge in [-0.2, -0.15) is 0 Å². The first-order valence-electron chi connectivity index (χ1n) is 6.43. The van der Waals surface area contributed by atoms with Gasteiger partial charge in [-0.15, -0.1) is 0 Å². The number of benzene rings is 1. The van der Waals surface area contributed by atoms with Gasteiger partial charge in [0.05, 0.1) is 11.3 Å². The van der Waals surface area contributed by atoms with Crippen LogP contribution in [-0.2, 0) is 7.05 Å². The summed E-state index contributed by atoms with van der Waals surface area (Å²) in [7, 11) is 1.91. The monoisotopic (exact) mass is 284 g/mol. The lowest BCUT2D eigenvalue weighted by Crippen LogP contribution is -1.97. The summed E-state index contributed by atoms with van der Waals surface area (Å²) in [6.07, 6.45) is 1.31. The molecule has 2 heterocycles. The number of nitrogens with zero attached hydrogens (tertiary/aromatic N) is 2. The number of aryl methyl sites for hydroxylation is 1. The molecular formula is C16H13FN2O2. The molecule has 0 aliphatic rings. The van der Waals surface area contributed by atoms with Gasteiger partial charge < -0.3 is 9.67 Å². The smallest absolute Gasteiger partial charge is 0.337 e. The lowest BCUT2D eigenvalue weighted by molar-refractivity contribution is 0.0696. The minimum absolute atomic E-state index is 0.128. The minimum atomic E-state index is -1.02. The second kappa shape index (κ2) is 4.70. The van der Waals surface area contributed by atoms with Crippen molar-refractivity contribution in [2.75, 3.05) is 0 Å². The van der Waals surface area contributed by atoms with E-state index in [9.17, 15) is 9.18 Å². The number of rotatable bonds is 2. The fourth-order valence-corrected chi connectivity index (χ4v) is 2.54. The molecular weight excluding hydrogens is 271 g/mol. The Kier molecular flexibility index (Phi) is 2.97. The normalized spacial score (nSPS) is 11.0. The summed E-state index contributed by atoms with van der Waals surface area (Å²) in [5.74, 6) is -1.33. The van der Waals surface area contributed by atoms with Gasteiger partial charge in [0.2, 0.25) is 0 Å². The molecule has 106 valence electrons. The van der Waals surface area contributed by atoms with Gasteiger partial charge in [0.15, 0.2) is 0 Å². The molecule has 1 aromatic carbocycles. The van der Waals surface area contributed by atoms with Gasteiger partial charge in [0.1, 0.15) is 5.82 Å². The Hall–Kier alpha value is -2.69. The Morgan fingerprint density at radius 3 is 2.67 bits per heavy atom. The van der Waals surface area contributed by atoms with Crippen LogP contribution >= 0.6 is 0 Å². The quantitative estimate of drug-likeness (QED) is 0.784. The zero-order chi connectivity index (χ0) is 15.1. The number of halogens is 1. The van der Waals surface area contributed by atoms with E-state index in [0.717, 1.165) is 22.2 Å². The van der Waals surface area contributed by atoms with Crippen molar-refractivity contribution in [3.8, 4) is 11.3 Å². The van der Waals surface area contributed by atoms with Crippen LogP contribution in [0.1, 0.15) is 16.1 Å². The average molecular weight is 284 g/mol. The van der Waals surface area contributed by atoms with Crippen molar-refractivity contribution >= 4 is 16.9 Å². The Morgan fingerprint density at radius 2 is 2.05 bits per heavy atom. The number of fused-ring (bicyclic) bond motifs is 1. The summed E-state index contributed by atoms with van der Waals surface area (Å²) in [6, 6.07) is 7.78. The van der Waals surface area contributed by atoms with Gasteiger partial charge in [-0.25, -0.2) is 9.18 Å². The second-order valence-corrected chi connectivity index (χ2v) is 4.92. The van der Waals surface area contributed by atoms with Gasteiger partial charge >= 0.3 is 5.97 Å². The largest absolute Gasteiger partial charge is 0.478 e. The Labute approximate surface area is 120 Å². The number of aromatic carboxylic acids is 1. The molecule has 0 spiro atoms. The Balaban J connectivity index is 2.26. The van der Waals surface area contributed by atoms with Crippen molar-refractivity contribution in [3.05, 3.63) is 53.6 Å². The van der Waals surface area contributed by atoms with Crippen LogP contribution in [0.2, 0.25) is 0 Å². The topological polar surface area (TPSA) is 55.1 Å². The number of hydrogen-bond acceptors (Lipinski definition) is 2. The summed E-state index contributed by atoms with van der Waals surface area (Å²) in [4.78, 5) is 15.1. The van der Waals surface area contributed by atoms with E-state index < -0.39 is 5.97 Å². The predicted octanol–water partition coefficient (Wildman–Crippen LogP) is 3.39. The van der Waals surface area contributed by atoms with E-state index >= 15 is 0 Å². The van der Waals surface area contributed by atoms with Crippen molar-refractivity contribution in [1.29, 1.82) is 0 Å². The molecule has 4 nitrogen and oxygen atoms in total. The van der Waals surface area contributed by atoms with Crippen molar-refractivity contribution in [3.63, 3.8) is 0 Å². The summed E-state index contributed by atoms with van der Waals surface area (Å²) >= 11 is 0. The van der Waals surface area contributed by atoms with Crippen molar-refractivity contribution in [2.24, 2.45) is 7.05 Å². The molecule has 0 amide bonds. The summed E-state index contributed by atoms with van der Waals surface area (Å²) < 4.78 is 15.5. The Morgan fingerprint density at radius 1 is 1.29 bits per heavy atom. The minimum Gasteiger partial charge on any atom is -0.478 e. The van der Waals surface area contributed by atoms with E-state index in [0.29, 0.717) is 5.69 Å². The van der Waals surface area contributed by atoms with Crippen LogP contribution in [0.4, 0.5) is 4.39 Å². The molecule has 2 aromatic heterocycles. The highest BCUT2D eigenvalue weighted by Gasteiger charge is 2.15. The third kappa shape index (κ3) is 2.07. The van der Waals surface area contributed by atoms with E-state index in [1.165, 1.54) is 24.4 Å². The maximum absolute atomic E-state index is 13.5. The number of pyridine rings is 1. The average Bonchev–Trinajstić information content (AvgIpc) is 2.70. The lowest BCUT2D eigenvalue weighted by atomic mass is 10.1. The third-order valence-electron chi connectivity index (χ3n) is 3.72. The van der Waals surface area contributed by atoms with E-state index in [2.05, 4.69) is 4.98 Å². The van der Waals surface area contributed by atoms with Crippen molar-refractivity contribution < 1.29 is 14.3 Å². The fraction of sp³-hybridized carbons (Fsp3) is 0.125.